The molecule has 0 amide bonds. The van der Waals surface area contributed by atoms with Gasteiger partial charge in [0.2, 0.25) is 0 Å². The van der Waals surface area contributed by atoms with Crippen LogP contribution in [0.1, 0.15) is 30.4 Å². The minimum Gasteiger partial charge on any atom is -0.386 e. The average molecular weight is 503 g/mol. The predicted octanol–water partition coefficient (Wildman–Crippen LogP) is 4.73. The van der Waals surface area contributed by atoms with Crippen molar-refractivity contribution in [2.45, 2.75) is 29.5 Å². The SMILES string of the molecule is N#Cc1cnc2c(Nc3ccc(F)c([C@@]4(CF)CS(O)(O)C5(CCC5)C(N)=N4)c3)ncc(F)c2c1. The quantitative estimate of drug-likeness (QED) is 0.404. The van der Waals surface area contributed by atoms with E-state index >= 15 is 4.39 Å². The van der Waals surface area contributed by atoms with Crippen LogP contribution >= 0.6 is 10.6 Å². The van der Waals surface area contributed by atoms with Gasteiger partial charge in [0.1, 0.15) is 40.2 Å². The summed E-state index contributed by atoms with van der Waals surface area (Å²) in [6.07, 6.45) is 3.83. The number of benzene rings is 1. The molecule has 1 atom stereocenters. The van der Waals surface area contributed by atoms with Gasteiger partial charge in [0.05, 0.1) is 17.5 Å². The van der Waals surface area contributed by atoms with E-state index in [-0.39, 0.29) is 39.4 Å². The van der Waals surface area contributed by atoms with Crippen molar-refractivity contribution in [3.8, 4) is 6.07 Å². The zero-order valence-corrected chi connectivity index (χ0v) is 19.1. The number of amidine groups is 1. The third kappa shape index (κ3) is 3.50. The van der Waals surface area contributed by atoms with E-state index in [0.29, 0.717) is 12.8 Å². The molecular formula is C23H21F3N6O2S. The largest absolute Gasteiger partial charge is 0.386 e. The molecule has 12 heteroatoms. The van der Waals surface area contributed by atoms with E-state index < -0.39 is 44.9 Å². The van der Waals surface area contributed by atoms with Crippen molar-refractivity contribution in [3.63, 3.8) is 0 Å². The summed E-state index contributed by atoms with van der Waals surface area (Å²) < 4.78 is 64.6. The van der Waals surface area contributed by atoms with Crippen LogP contribution < -0.4 is 11.1 Å². The van der Waals surface area contributed by atoms with Gasteiger partial charge in [-0.1, -0.05) is 0 Å². The first kappa shape index (κ1) is 23.3. The normalized spacial score (nSPS) is 23.3. The Hall–Kier alpha value is -3.40. The first-order valence-electron chi connectivity index (χ1n) is 10.7. The van der Waals surface area contributed by atoms with Crippen LogP contribution in [0.3, 0.4) is 0 Å². The van der Waals surface area contributed by atoms with Gasteiger partial charge in [-0.15, -0.1) is 0 Å². The monoisotopic (exact) mass is 502 g/mol. The van der Waals surface area contributed by atoms with Crippen molar-refractivity contribution in [1.82, 2.24) is 9.97 Å². The van der Waals surface area contributed by atoms with Crippen molar-refractivity contribution < 1.29 is 22.3 Å². The molecule has 3 heterocycles. The number of halogens is 3. The van der Waals surface area contributed by atoms with Crippen LogP contribution in [0.25, 0.3) is 10.9 Å². The molecule has 5 rings (SSSR count). The summed E-state index contributed by atoms with van der Waals surface area (Å²) in [4.78, 5) is 12.4. The standard InChI is InChI=1S/C23H21F3N6O2S/c24-11-22(12-35(33,34)23(4-1-5-23)21(28)32-22)16-7-14(2-3-17(16)25)31-20-19-15(18(26)10-30-20)6-13(8-27)9-29-19/h2-3,6-7,9-10,33-34H,1,4-5,11-12H2,(H2,28,32)(H,30,31)/t22-/m1/s1. The lowest BCUT2D eigenvalue weighted by atomic mass is 9.82. The maximum atomic E-state index is 15.0. The Balaban J connectivity index is 1.58. The van der Waals surface area contributed by atoms with Gasteiger partial charge in [0.25, 0.3) is 0 Å². The number of rotatable bonds is 4. The molecule has 8 nitrogen and oxygen atoms in total. The second-order valence-electron chi connectivity index (χ2n) is 8.83. The molecule has 182 valence electrons. The molecule has 0 unspecified atom stereocenters. The van der Waals surface area contributed by atoms with Crippen LogP contribution in [0.2, 0.25) is 0 Å². The van der Waals surface area contributed by atoms with Gasteiger partial charge >= 0.3 is 0 Å². The third-order valence-corrected chi connectivity index (χ3v) is 9.53. The van der Waals surface area contributed by atoms with Crippen molar-refractivity contribution in [2.24, 2.45) is 10.7 Å². The fraction of sp³-hybridized carbons (Fsp3) is 0.304. The second-order valence-corrected chi connectivity index (χ2v) is 11.2. The first-order chi connectivity index (χ1) is 16.6. The smallest absolute Gasteiger partial charge is 0.157 e. The van der Waals surface area contributed by atoms with E-state index in [4.69, 9.17) is 11.0 Å². The number of hydrogen-bond acceptors (Lipinski definition) is 8. The molecule has 1 saturated carbocycles. The van der Waals surface area contributed by atoms with E-state index in [0.717, 1.165) is 18.7 Å². The third-order valence-electron chi connectivity index (χ3n) is 6.79. The van der Waals surface area contributed by atoms with Gasteiger partial charge in [0, 0.05) is 22.8 Å². The fourth-order valence-corrected chi connectivity index (χ4v) is 7.26. The molecule has 5 N–H and O–H groups in total. The number of nitrogens with one attached hydrogen (secondary N) is 1. The average Bonchev–Trinajstić information content (AvgIpc) is 2.79. The molecule has 1 fully saturated rings. The lowest BCUT2D eigenvalue weighted by molar-refractivity contribution is 0.291. The van der Waals surface area contributed by atoms with Crippen molar-refractivity contribution in [3.05, 3.63) is 59.4 Å². The van der Waals surface area contributed by atoms with Crippen molar-refractivity contribution >= 4 is 38.8 Å². The minimum absolute atomic E-state index is 0.0634. The highest BCUT2D eigenvalue weighted by Gasteiger charge is 2.59. The molecule has 0 radical (unpaired) electrons. The Morgan fingerprint density at radius 1 is 1.14 bits per heavy atom. The molecule has 2 aliphatic rings. The van der Waals surface area contributed by atoms with Crippen LogP contribution in [0.15, 0.2) is 41.7 Å². The number of nitriles is 1. The van der Waals surface area contributed by atoms with E-state index in [1.807, 2.05) is 6.07 Å². The summed E-state index contributed by atoms with van der Waals surface area (Å²) in [6.45, 7) is -1.20. The zero-order chi connectivity index (χ0) is 25.0. The van der Waals surface area contributed by atoms with E-state index in [9.17, 15) is 17.9 Å². The summed E-state index contributed by atoms with van der Waals surface area (Å²) in [7, 11) is -3.41. The Morgan fingerprint density at radius 2 is 1.91 bits per heavy atom. The topological polar surface area (TPSA) is 140 Å². The number of fused-ring (bicyclic) bond motifs is 1. The highest BCUT2D eigenvalue weighted by Crippen LogP contribution is 2.66. The lowest BCUT2D eigenvalue weighted by Crippen LogP contribution is -2.60. The number of nitrogens with two attached hydrogens (primary N) is 1. The predicted molar refractivity (Wildman–Crippen MR) is 127 cm³/mol. The second kappa shape index (κ2) is 8.08. The number of alkyl halides is 1. The van der Waals surface area contributed by atoms with Gasteiger partial charge in [-0.25, -0.2) is 18.2 Å². The van der Waals surface area contributed by atoms with E-state index in [1.54, 1.807) is 0 Å². The molecule has 2 aromatic heterocycles. The minimum atomic E-state index is -3.41. The molecule has 1 spiro atoms. The van der Waals surface area contributed by atoms with Gasteiger partial charge in [-0.3, -0.25) is 19.1 Å². The van der Waals surface area contributed by atoms with Crippen LogP contribution in [0, 0.1) is 23.0 Å². The Labute approximate surface area is 200 Å². The molecule has 35 heavy (non-hydrogen) atoms. The number of aromatic nitrogens is 2. The highest BCUT2D eigenvalue weighted by atomic mass is 32.3. The van der Waals surface area contributed by atoms with Gasteiger partial charge in [0.15, 0.2) is 11.6 Å². The summed E-state index contributed by atoms with van der Waals surface area (Å²) >= 11 is 0. The molecule has 3 aromatic rings. The summed E-state index contributed by atoms with van der Waals surface area (Å²) in [5.41, 5.74) is 4.57. The number of aliphatic imine (C=N–C) groups is 1. The number of anilines is 2. The molecule has 1 aromatic carbocycles. The van der Waals surface area contributed by atoms with Crippen LogP contribution in [0.4, 0.5) is 24.7 Å². The highest BCUT2D eigenvalue weighted by molar-refractivity contribution is 8.26. The van der Waals surface area contributed by atoms with Gasteiger partial charge in [-0.2, -0.15) is 15.9 Å². The Kier molecular flexibility index (Phi) is 5.39. The summed E-state index contributed by atoms with van der Waals surface area (Å²) in [6, 6.07) is 6.97. The maximum absolute atomic E-state index is 15.0. The lowest BCUT2D eigenvalue weighted by Gasteiger charge is -2.60. The molecule has 0 saturated heterocycles. The number of pyridine rings is 2. The molecule has 0 bridgehead atoms. The Morgan fingerprint density at radius 3 is 2.54 bits per heavy atom. The maximum Gasteiger partial charge on any atom is 0.157 e. The summed E-state index contributed by atoms with van der Waals surface area (Å²) in [5.74, 6) is -1.91. The number of nitrogens with zero attached hydrogens (tertiary/aromatic N) is 4. The van der Waals surface area contributed by atoms with Crippen LogP contribution in [-0.2, 0) is 5.54 Å². The molecule has 1 aliphatic carbocycles. The van der Waals surface area contributed by atoms with E-state index in [1.165, 1.54) is 24.4 Å². The van der Waals surface area contributed by atoms with Crippen molar-refractivity contribution in [2.75, 3.05) is 17.7 Å². The fourth-order valence-electron chi connectivity index (χ4n) is 4.70. The Bertz CT molecular complexity index is 1420. The van der Waals surface area contributed by atoms with E-state index in [2.05, 4.69) is 20.3 Å². The molecular weight excluding hydrogens is 481 g/mol. The van der Waals surface area contributed by atoms with Crippen LogP contribution in [-0.4, -0.2) is 42.1 Å². The van der Waals surface area contributed by atoms with Crippen LogP contribution in [0.5, 0.6) is 0 Å². The van der Waals surface area contributed by atoms with Gasteiger partial charge in [-0.05, 0) is 43.5 Å². The molecule has 1 aliphatic heterocycles. The summed E-state index contributed by atoms with van der Waals surface area (Å²) in [5, 5.41) is 12.0. The first-order valence-corrected chi connectivity index (χ1v) is 12.4. The van der Waals surface area contributed by atoms with Gasteiger partial charge < -0.3 is 11.1 Å². The van der Waals surface area contributed by atoms with Crippen molar-refractivity contribution in [1.29, 1.82) is 5.26 Å². The number of hydrogen-bond donors (Lipinski definition) is 4. The zero-order valence-electron chi connectivity index (χ0n) is 18.3.